The average Bonchev–Trinajstić information content (AvgIpc) is 2.02. The maximum atomic E-state index is 10.7. The van der Waals surface area contributed by atoms with Crippen molar-refractivity contribution in [1.29, 1.82) is 0 Å². The molecule has 0 radical (unpaired) electrons. The van der Waals surface area contributed by atoms with E-state index in [-0.39, 0.29) is 0 Å². The molecule has 0 heterocycles. The Labute approximate surface area is 82.6 Å². The number of ketones is 1. The Morgan fingerprint density at radius 3 is 2.00 bits per heavy atom. The van der Waals surface area contributed by atoms with Crippen LogP contribution >= 0.6 is 23.2 Å². The zero-order chi connectivity index (χ0) is 10.6. The van der Waals surface area contributed by atoms with Crippen LogP contribution in [0.2, 0.25) is 0 Å². The molecule has 0 aliphatic heterocycles. The summed E-state index contributed by atoms with van der Waals surface area (Å²) in [5.74, 6) is -4.81. The van der Waals surface area contributed by atoms with Crippen LogP contribution in [0, 0.1) is 0 Å². The molecule has 0 bridgehead atoms. The van der Waals surface area contributed by atoms with E-state index >= 15 is 0 Å². The number of hydrogen-bond donors (Lipinski definition) is 0. The van der Waals surface area contributed by atoms with Gasteiger partial charge in [0.15, 0.2) is 5.78 Å². The minimum atomic E-state index is -1.95. The van der Waals surface area contributed by atoms with Crippen molar-refractivity contribution >= 4 is 40.9 Å². The molecular formula is C6H2Cl2O5-2. The van der Waals surface area contributed by atoms with Gasteiger partial charge < -0.3 is 19.8 Å². The SMILES string of the molecule is O=C([O-])/C(Cl)=C\C(=O)C(Cl)C(=O)[O-]. The Morgan fingerprint density at radius 2 is 1.69 bits per heavy atom. The number of halogens is 2. The van der Waals surface area contributed by atoms with Crippen molar-refractivity contribution < 1.29 is 24.6 Å². The fourth-order valence-electron chi connectivity index (χ4n) is 0.373. The molecule has 0 fully saturated rings. The number of allylic oxidation sites excluding steroid dienone is 1. The molecule has 0 spiro atoms. The van der Waals surface area contributed by atoms with E-state index in [1.54, 1.807) is 0 Å². The van der Waals surface area contributed by atoms with Crippen molar-refractivity contribution in [3.05, 3.63) is 11.1 Å². The first kappa shape index (κ1) is 11.9. The zero-order valence-corrected chi connectivity index (χ0v) is 7.46. The third kappa shape index (κ3) is 3.91. The van der Waals surface area contributed by atoms with Gasteiger partial charge >= 0.3 is 0 Å². The Kier molecular flexibility index (Phi) is 4.44. The lowest BCUT2D eigenvalue weighted by atomic mass is 10.2. The zero-order valence-electron chi connectivity index (χ0n) is 5.95. The summed E-state index contributed by atoms with van der Waals surface area (Å²) >= 11 is 9.95. The van der Waals surface area contributed by atoms with Crippen molar-refractivity contribution in [2.24, 2.45) is 0 Å². The normalized spacial score (nSPS) is 13.5. The maximum absolute atomic E-state index is 10.7. The van der Waals surface area contributed by atoms with Crippen molar-refractivity contribution in [2.45, 2.75) is 5.38 Å². The summed E-state index contributed by atoms with van der Waals surface area (Å²) in [4.78, 5) is 30.6. The average molecular weight is 225 g/mol. The summed E-state index contributed by atoms with van der Waals surface area (Å²) in [7, 11) is 0. The number of carboxylic acids is 2. The van der Waals surface area contributed by atoms with Gasteiger partial charge in [-0.1, -0.05) is 11.6 Å². The standard InChI is InChI=1S/C6H4Cl2O5/c7-2(5(10)11)1-3(9)4(8)6(12)13/h1,4H,(H,10,11)(H,12,13)/p-2/b2-1+. The Balaban J connectivity index is 4.56. The van der Waals surface area contributed by atoms with Crippen LogP contribution < -0.4 is 10.2 Å². The van der Waals surface area contributed by atoms with Gasteiger partial charge in [-0.15, -0.1) is 11.6 Å². The first-order valence-electron chi connectivity index (χ1n) is 2.83. The number of alkyl halides is 1. The lowest BCUT2D eigenvalue weighted by molar-refractivity contribution is -0.304. The molecule has 0 aliphatic rings. The summed E-state index contributed by atoms with van der Waals surface area (Å²) < 4.78 is 0. The molecule has 0 saturated carbocycles. The molecule has 7 heteroatoms. The molecule has 0 aliphatic carbocycles. The molecule has 0 rings (SSSR count). The lowest BCUT2D eigenvalue weighted by Crippen LogP contribution is -2.37. The first-order valence-corrected chi connectivity index (χ1v) is 3.65. The Bertz CT molecular complexity index is 283. The molecule has 13 heavy (non-hydrogen) atoms. The molecule has 0 N–H and O–H groups in total. The highest BCUT2D eigenvalue weighted by Gasteiger charge is 2.14. The molecule has 1 atom stereocenters. The van der Waals surface area contributed by atoms with Gasteiger partial charge in [-0.3, -0.25) is 4.79 Å². The van der Waals surface area contributed by atoms with Crippen molar-refractivity contribution in [1.82, 2.24) is 0 Å². The monoisotopic (exact) mass is 224 g/mol. The predicted molar refractivity (Wildman–Crippen MR) is 38.6 cm³/mol. The van der Waals surface area contributed by atoms with Gasteiger partial charge in [0, 0.05) is 6.08 Å². The predicted octanol–water partition coefficient (Wildman–Crippen LogP) is -2.21. The minimum Gasteiger partial charge on any atom is -0.548 e. The van der Waals surface area contributed by atoms with E-state index in [2.05, 4.69) is 0 Å². The van der Waals surface area contributed by atoms with Crippen LogP contribution in [0.5, 0.6) is 0 Å². The quantitative estimate of drug-likeness (QED) is 0.306. The van der Waals surface area contributed by atoms with Gasteiger partial charge in [-0.2, -0.15) is 0 Å². The van der Waals surface area contributed by atoms with Gasteiger partial charge in [0.2, 0.25) is 0 Å². The molecule has 0 aromatic rings. The fourth-order valence-corrected chi connectivity index (χ4v) is 0.544. The van der Waals surface area contributed by atoms with E-state index in [1.165, 1.54) is 0 Å². The third-order valence-corrected chi connectivity index (χ3v) is 1.58. The lowest BCUT2D eigenvalue weighted by Gasteiger charge is -2.06. The highest BCUT2D eigenvalue weighted by Crippen LogP contribution is 2.04. The van der Waals surface area contributed by atoms with E-state index in [0.717, 1.165) is 0 Å². The number of rotatable bonds is 4. The van der Waals surface area contributed by atoms with Gasteiger partial charge in [0.05, 0.1) is 17.0 Å². The number of carbonyl (C=O) groups is 3. The number of hydrogen-bond acceptors (Lipinski definition) is 5. The van der Waals surface area contributed by atoms with Crippen LogP contribution in [-0.4, -0.2) is 23.1 Å². The Hall–Kier alpha value is -1.07. The molecule has 0 aromatic heterocycles. The Morgan fingerprint density at radius 1 is 1.23 bits per heavy atom. The highest BCUT2D eigenvalue weighted by molar-refractivity contribution is 6.46. The molecule has 0 amide bonds. The number of aliphatic carboxylic acids is 2. The molecule has 1 unspecified atom stereocenters. The van der Waals surface area contributed by atoms with E-state index in [9.17, 15) is 24.6 Å². The van der Waals surface area contributed by atoms with Crippen LogP contribution in [-0.2, 0) is 14.4 Å². The van der Waals surface area contributed by atoms with Crippen molar-refractivity contribution in [3.8, 4) is 0 Å². The van der Waals surface area contributed by atoms with Gasteiger partial charge in [-0.25, -0.2) is 0 Å². The molecule has 0 aromatic carbocycles. The van der Waals surface area contributed by atoms with Crippen molar-refractivity contribution in [2.75, 3.05) is 0 Å². The van der Waals surface area contributed by atoms with E-state index in [1.807, 2.05) is 0 Å². The van der Waals surface area contributed by atoms with E-state index < -0.39 is 28.1 Å². The minimum absolute atomic E-state index is 0.352. The smallest absolute Gasteiger partial charge is 0.180 e. The molecular weight excluding hydrogens is 223 g/mol. The second-order valence-corrected chi connectivity index (χ2v) is 2.71. The highest BCUT2D eigenvalue weighted by atomic mass is 35.5. The molecule has 0 saturated heterocycles. The maximum Gasteiger partial charge on any atom is 0.180 e. The summed E-state index contributed by atoms with van der Waals surface area (Å²) in [6.07, 6.45) is 0.352. The van der Waals surface area contributed by atoms with Gasteiger partial charge in [0.1, 0.15) is 5.38 Å². The van der Waals surface area contributed by atoms with Crippen LogP contribution in [0.1, 0.15) is 0 Å². The summed E-state index contributed by atoms with van der Waals surface area (Å²) in [6, 6.07) is 0. The number of carbonyl (C=O) groups excluding carboxylic acids is 3. The van der Waals surface area contributed by atoms with Crippen LogP contribution in [0.3, 0.4) is 0 Å². The summed E-state index contributed by atoms with van der Waals surface area (Å²) in [5.41, 5.74) is 0. The molecule has 5 nitrogen and oxygen atoms in total. The van der Waals surface area contributed by atoms with Crippen molar-refractivity contribution in [3.63, 3.8) is 0 Å². The third-order valence-electron chi connectivity index (χ3n) is 0.921. The summed E-state index contributed by atoms with van der Waals surface area (Å²) in [6.45, 7) is 0. The second kappa shape index (κ2) is 4.84. The van der Waals surface area contributed by atoms with Crippen LogP contribution in [0.15, 0.2) is 11.1 Å². The topological polar surface area (TPSA) is 97.3 Å². The fraction of sp³-hybridized carbons (Fsp3) is 0.167. The largest absolute Gasteiger partial charge is 0.548 e. The summed E-state index contributed by atoms with van der Waals surface area (Å²) in [5, 5.41) is 17.1. The van der Waals surface area contributed by atoms with Crippen LogP contribution in [0.4, 0.5) is 0 Å². The van der Waals surface area contributed by atoms with E-state index in [4.69, 9.17) is 23.2 Å². The first-order chi connectivity index (χ1) is 5.86. The van der Waals surface area contributed by atoms with Gasteiger partial charge in [0.25, 0.3) is 0 Å². The number of carboxylic acid groups (broad SMARTS) is 2. The second-order valence-electron chi connectivity index (χ2n) is 1.86. The van der Waals surface area contributed by atoms with Gasteiger partial charge in [-0.05, 0) is 0 Å². The van der Waals surface area contributed by atoms with E-state index in [0.29, 0.717) is 6.08 Å². The molecule has 72 valence electrons. The van der Waals surface area contributed by atoms with Crippen LogP contribution in [0.25, 0.3) is 0 Å².